The van der Waals surface area contributed by atoms with Gasteiger partial charge in [0.15, 0.2) is 6.10 Å². The molecule has 5 nitrogen and oxygen atoms in total. The second-order valence-corrected chi connectivity index (χ2v) is 3.23. The minimum Gasteiger partial charge on any atom is -0.394 e. The monoisotopic (exact) mass is 203 g/mol. The third kappa shape index (κ3) is 3.25. The van der Waals surface area contributed by atoms with E-state index in [1.807, 2.05) is 6.92 Å². The Kier molecular flexibility index (Phi) is 4.86. The van der Waals surface area contributed by atoms with Crippen molar-refractivity contribution in [2.75, 3.05) is 26.4 Å². The molecule has 14 heavy (non-hydrogen) atoms. The molecule has 1 rings (SSSR count). The van der Waals surface area contributed by atoms with E-state index in [9.17, 15) is 4.79 Å². The smallest absolute Gasteiger partial charge is 0.251 e. The molecule has 0 aromatic rings. The number of nitrogens with one attached hydrogen (secondary N) is 1. The van der Waals surface area contributed by atoms with Gasteiger partial charge < -0.3 is 19.9 Å². The quantitative estimate of drug-likeness (QED) is 0.633. The van der Waals surface area contributed by atoms with Gasteiger partial charge in [-0.05, 0) is 6.42 Å². The summed E-state index contributed by atoms with van der Waals surface area (Å²) in [7, 11) is 0. The van der Waals surface area contributed by atoms with Crippen molar-refractivity contribution in [2.24, 2.45) is 0 Å². The molecule has 1 fully saturated rings. The normalized spacial score (nSPS) is 24.3. The fraction of sp³-hybridized carbons (Fsp3) is 0.889. The summed E-state index contributed by atoms with van der Waals surface area (Å²) < 4.78 is 10.3. The van der Waals surface area contributed by atoms with Crippen molar-refractivity contribution in [2.45, 2.75) is 25.5 Å². The average Bonchev–Trinajstić information content (AvgIpc) is 2.26. The second kappa shape index (κ2) is 5.95. The molecule has 0 bridgehead atoms. The lowest BCUT2D eigenvalue weighted by molar-refractivity contribution is -0.148. The molecule has 1 aliphatic heterocycles. The number of aliphatic hydroxyl groups excluding tert-OH is 1. The largest absolute Gasteiger partial charge is 0.394 e. The van der Waals surface area contributed by atoms with E-state index in [0.29, 0.717) is 26.2 Å². The van der Waals surface area contributed by atoms with Crippen LogP contribution in [0.1, 0.15) is 13.3 Å². The van der Waals surface area contributed by atoms with Crippen LogP contribution in [0.15, 0.2) is 0 Å². The first-order valence-corrected chi connectivity index (χ1v) is 4.88. The van der Waals surface area contributed by atoms with Crippen molar-refractivity contribution >= 4 is 5.91 Å². The van der Waals surface area contributed by atoms with Crippen molar-refractivity contribution in [1.29, 1.82) is 0 Å². The summed E-state index contributed by atoms with van der Waals surface area (Å²) in [5.74, 6) is -0.203. The molecule has 1 aliphatic rings. The van der Waals surface area contributed by atoms with E-state index >= 15 is 0 Å². The van der Waals surface area contributed by atoms with Gasteiger partial charge in [0.25, 0.3) is 5.91 Å². The number of carbonyl (C=O) groups excluding carboxylic acids is 1. The fourth-order valence-electron chi connectivity index (χ4n) is 1.21. The lowest BCUT2D eigenvalue weighted by atomic mass is 10.2. The Morgan fingerprint density at radius 3 is 2.93 bits per heavy atom. The van der Waals surface area contributed by atoms with E-state index in [0.717, 1.165) is 0 Å². The lowest BCUT2D eigenvalue weighted by Gasteiger charge is -2.24. The first-order valence-electron chi connectivity index (χ1n) is 4.88. The highest BCUT2D eigenvalue weighted by molar-refractivity contribution is 5.81. The third-order valence-corrected chi connectivity index (χ3v) is 2.17. The van der Waals surface area contributed by atoms with Crippen LogP contribution in [0.3, 0.4) is 0 Å². The van der Waals surface area contributed by atoms with Crippen LogP contribution in [-0.4, -0.2) is 49.6 Å². The molecule has 1 heterocycles. The summed E-state index contributed by atoms with van der Waals surface area (Å²) >= 11 is 0. The zero-order chi connectivity index (χ0) is 10.4. The molecule has 1 unspecified atom stereocenters. The Labute approximate surface area is 83.4 Å². The Morgan fingerprint density at radius 2 is 2.43 bits per heavy atom. The summed E-state index contributed by atoms with van der Waals surface area (Å²) in [6, 6.07) is -0.187. The van der Waals surface area contributed by atoms with Crippen LogP contribution >= 0.6 is 0 Å². The van der Waals surface area contributed by atoms with Gasteiger partial charge in [-0.15, -0.1) is 0 Å². The van der Waals surface area contributed by atoms with Crippen molar-refractivity contribution in [3.63, 3.8) is 0 Å². The van der Waals surface area contributed by atoms with Gasteiger partial charge in [0.1, 0.15) is 0 Å². The highest BCUT2D eigenvalue weighted by atomic mass is 16.6. The maximum Gasteiger partial charge on any atom is 0.251 e. The number of hydrogen-bond donors (Lipinski definition) is 2. The van der Waals surface area contributed by atoms with Gasteiger partial charge >= 0.3 is 0 Å². The van der Waals surface area contributed by atoms with Gasteiger partial charge in [0.2, 0.25) is 0 Å². The molecular weight excluding hydrogens is 186 g/mol. The summed E-state index contributed by atoms with van der Waals surface area (Å²) in [6.07, 6.45) is 0.180. The molecule has 0 aromatic heterocycles. The predicted molar refractivity (Wildman–Crippen MR) is 49.9 cm³/mol. The molecule has 1 amide bonds. The highest BCUT2D eigenvalue weighted by Gasteiger charge is 2.23. The number of hydrogen-bond acceptors (Lipinski definition) is 4. The fourth-order valence-corrected chi connectivity index (χ4v) is 1.21. The van der Waals surface area contributed by atoms with Crippen LogP contribution in [-0.2, 0) is 14.3 Å². The number of rotatable bonds is 4. The third-order valence-electron chi connectivity index (χ3n) is 2.17. The van der Waals surface area contributed by atoms with Gasteiger partial charge in [0, 0.05) is 0 Å². The van der Waals surface area contributed by atoms with Gasteiger partial charge in [-0.3, -0.25) is 4.79 Å². The van der Waals surface area contributed by atoms with E-state index < -0.39 is 6.10 Å². The number of ether oxygens (including phenoxy) is 2. The maximum absolute atomic E-state index is 11.5. The van der Waals surface area contributed by atoms with Gasteiger partial charge in [-0.2, -0.15) is 0 Å². The summed E-state index contributed by atoms with van der Waals surface area (Å²) in [5.41, 5.74) is 0. The Hall–Kier alpha value is -0.650. The van der Waals surface area contributed by atoms with Crippen LogP contribution in [0, 0.1) is 0 Å². The van der Waals surface area contributed by atoms with Crippen LogP contribution in [0.2, 0.25) is 0 Å². The van der Waals surface area contributed by atoms with E-state index in [4.69, 9.17) is 14.6 Å². The number of carbonyl (C=O) groups is 1. The summed E-state index contributed by atoms with van der Waals surface area (Å²) in [6.45, 7) is 3.15. The van der Waals surface area contributed by atoms with E-state index in [2.05, 4.69) is 5.32 Å². The summed E-state index contributed by atoms with van der Waals surface area (Å²) in [5, 5.41) is 11.6. The molecule has 0 saturated carbocycles. The van der Waals surface area contributed by atoms with Gasteiger partial charge in [-0.1, -0.05) is 6.92 Å². The predicted octanol–water partition coefficient (Wildman–Crippen LogP) is -0.711. The van der Waals surface area contributed by atoms with Crippen molar-refractivity contribution < 1.29 is 19.4 Å². The Balaban J connectivity index is 2.32. The van der Waals surface area contributed by atoms with Crippen LogP contribution in [0.5, 0.6) is 0 Å². The topological polar surface area (TPSA) is 67.8 Å². The van der Waals surface area contributed by atoms with E-state index in [1.165, 1.54) is 0 Å². The molecule has 2 N–H and O–H groups in total. The molecule has 82 valence electrons. The van der Waals surface area contributed by atoms with Crippen molar-refractivity contribution in [3.8, 4) is 0 Å². The molecular formula is C9H17NO4. The first-order chi connectivity index (χ1) is 6.77. The molecule has 0 spiro atoms. The standard InChI is InChI=1S/C9H17NO4/c1-2-7(5-11)10-9(12)8-6-13-3-4-14-8/h7-8,11H,2-6H2,1H3,(H,10,12)/t7-,8?/m1/s1. The van der Waals surface area contributed by atoms with E-state index in [-0.39, 0.29) is 18.6 Å². The van der Waals surface area contributed by atoms with E-state index in [1.54, 1.807) is 0 Å². The number of amides is 1. The maximum atomic E-state index is 11.5. The first kappa shape index (κ1) is 11.4. The number of aliphatic hydroxyl groups is 1. The molecule has 0 radical (unpaired) electrons. The van der Waals surface area contributed by atoms with Gasteiger partial charge in [-0.25, -0.2) is 0 Å². The van der Waals surface area contributed by atoms with Crippen LogP contribution in [0.25, 0.3) is 0 Å². The molecule has 0 aromatic carbocycles. The molecule has 5 heteroatoms. The molecule has 0 aliphatic carbocycles. The van der Waals surface area contributed by atoms with Crippen molar-refractivity contribution in [1.82, 2.24) is 5.32 Å². The Morgan fingerprint density at radius 1 is 1.64 bits per heavy atom. The zero-order valence-electron chi connectivity index (χ0n) is 8.36. The SMILES string of the molecule is CC[C@H](CO)NC(=O)C1COCCO1. The van der Waals surface area contributed by atoms with Crippen LogP contribution < -0.4 is 5.32 Å². The highest BCUT2D eigenvalue weighted by Crippen LogP contribution is 2.01. The minimum atomic E-state index is -0.524. The Bertz CT molecular complexity index is 176. The zero-order valence-corrected chi connectivity index (χ0v) is 8.36. The average molecular weight is 203 g/mol. The summed E-state index contributed by atoms with van der Waals surface area (Å²) in [4.78, 5) is 11.5. The minimum absolute atomic E-state index is 0.0458. The molecule has 2 atom stereocenters. The lowest BCUT2D eigenvalue weighted by Crippen LogP contribution is -2.47. The van der Waals surface area contributed by atoms with Crippen molar-refractivity contribution in [3.05, 3.63) is 0 Å². The second-order valence-electron chi connectivity index (χ2n) is 3.23. The van der Waals surface area contributed by atoms with Gasteiger partial charge in [0.05, 0.1) is 32.5 Å². The molecule has 1 saturated heterocycles. The van der Waals surface area contributed by atoms with Crippen LogP contribution in [0.4, 0.5) is 0 Å².